The summed E-state index contributed by atoms with van der Waals surface area (Å²) < 4.78 is 2.34. The summed E-state index contributed by atoms with van der Waals surface area (Å²) in [5.41, 5.74) is 14.1. The normalized spacial score (nSPS) is 12.8. The van der Waals surface area contributed by atoms with E-state index < -0.39 is 5.41 Å². The number of rotatable bonds is 6. The van der Waals surface area contributed by atoms with E-state index in [1.807, 2.05) is 0 Å². The van der Waals surface area contributed by atoms with Crippen LogP contribution in [0.4, 0.5) is 0 Å². The smallest absolute Gasteiger partial charge is 0.164 e. The van der Waals surface area contributed by atoms with Gasteiger partial charge in [0.1, 0.15) is 0 Å². The van der Waals surface area contributed by atoms with E-state index in [0.29, 0.717) is 17.5 Å². The van der Waals surface area contributed by atoms with Gasteiger partial charge in [0.2, 0.25) is 0 Å². The van der Waals surface area contributed by atoms with E-state index in [9.17, 15) is 0 Å². The Bertz CT molecular complexity index is 3050. The van der Waals surface area contributed by atoms with Crippen molar-refractivity contribution in [3.8, 4) is 51.0 Å². The first kappa shape index (κ1) is 33.0. The van der Waals surface area contributed by atoms with Crippen LogP contribution in [0, 0.1) is 6.92 Å². The van der Waals surface area contributed by atoms with Crippen LogP contribution in [0.3, 0.4) is 0 Å². The van der Waals surface area contributed by atoms with Gasteiger partial charge in [-0.15, -0.1) is 0 Å². The zero-order valence-electron chi connectivity index (χ0n) is 31.3. The molecule has 0 amide bonds. The molecule has 4 heteroatoms. The van der Waals surface area contributed by atoms with Gasteiger partial charge in [-0.05, 0) is 70.6 Å². The van der Waals surface area contributed by atoms with Crippen LogP contribution in [-0.4, -0.2) is 19.5 Å². The fourth-order valence-corrected chi connectivity index (χ4v) is 9.20. The summed E-state index contributed by atoms with van der Waals surface area (Å²) in [6, 6.07) is 71.5. The molecule has 57 heavy (non-hydrogen) atoms. The maximum atomic E-state index is 5.38. The molecular formula is C53H36N4. The monoisotopic (exact) mass is 728 g/mol. The second-order valence-electron chi connectivity index (χ2n) is 14.9. The number of aryl methyl sites for hydroxylation is 1. The first-order chi connectivity index (χ1) is 28.2. The summed E-state index contributed by atoms with van der Waals surface area (Å²) in [5, 5.41) is 2.45. The van der Waals surface area contributed by atoms with E-state index in [-0.39, 0.29) is 0 Å². The second kappa shape index (κ2) is 13.1. The zero-order chi connectivity index (χ0) is 37.9. The van der Waals surface area contributed by atoms with Gasteiger partial charge in [0.25, 0.3) is 0 Å². The van der Waals surface area contributed by atoms with E-state index in [0.717, 1.165) is 44.5 Å². The van der Waals surface area contributed by atoms with Crippen molar-refractivity contribution in [3.63, 3.8) is 0 Å². The largest absolute Gasteiger partial charge is 0.309 e. The average molecular weight is 729 g/mol. The van der Waals surface area contributed by atoms with Gasteiger partial charge < -0.3 is 4.57 Å². The molecule has 1 aliphatic rings. The van der Waals surface area contributed by atoms with Crippen LogP contribution in [0.25, 0.3) is 72.8 Å². The maximum Gasteiger partial charge on any atom is 0.164 e. The van der Waals surface area contributed by atoms with E-state index in [2.05, 4.69) is 212 Å². The van der Waals surface area contributed by atoms with Crippen LogP contribution in [0.1, 0.15) is 27.8 Å². The fourth-order valence-electron chi connectivity index (χ4n) is 9.20. The number of hydrogen-bond acceptors (Lipinski definition) is 3. The quantitative estimate of drug-likeness (QED) is 0.171. The minimum atomic E-state index is -0.531. The van der Waals surface area contributed by atoms with Crippen molar-refractivity contribution in [1.82, 2.24) is 19.5 Å². The van der Waals surface area contributed by atoms with Crippen LogP contribution in [0.15, 0.2) is 200 Å². The molecule has 0 spiro atoms. The zero-order valence-corrected chi connectivity index (χ0v) is 31.3. The van der Waals surface area contributed by atoms with Gasteiger partial charge in [-0.2, -0.15) is 0 Å². The van der Waals surface area contributed by atoms with Crippen molar-refractivity contribution in [3.05, 3.63) is 228 Å². The Labute approximate surface area is 331 Å². The van der Waals surface area contributed by atoms with Gasteiger partial charge in [-0.25, -0.2) is 15.0 Å². The SMILES string of the molecule is Cc1cccc(-c2nc(-c3cccc(-n4c5ccccc5c5ccccc54)c3)nc(-c3cccc4c3-c3ccccc3C4(c3ccccc3)c3ccccc3)n2)c1. The molecule has 0 unspecified atom stereocenters. The Morgan fingerprint density at radius 3 is 1.58 bits per heavy atom. The van der Waals surface area contributed by atoms with Gasteiger partial charge in [-0.3, -0.25) is 0 Å². The summed E-state index contributed by atoms with van der Waals surface area (Å²) in [6.45, 7) is 2.11. The molecule has 0 atom stereocenters. The molecule has 2 aromatic heterocycles. The molecular weight excluding hydrogens is 693 g/mol. The van der Waals surface area contributed by atoms with Crippen LogP contribution >= 0.6 is 0 Å². The minimum absolute atomic E-state index is 0.531. The number of para-hydroxylation sites is 2. The third-order valence-corrected chi connectivity index (χ3v) is 11.6. The summed E-state index contributed by atoms with van der Waals surface area (Å²) in [7, 11) is 0. The van der Waals surface area contributed by atoms with Crippen LogP contribution in [-0.2, 0) is 5.41 Å². The molecule has 10 aromatic rings. The third kappa shape index (κ3) is 5.11. The predicted octanol–water partition coefficient (Wildman–Crippen LogP) is 12.6. The van der Waals surface area contributed by atoms with Gasteiger partial charge in [0, 0.05) is 33.2 Å². The van der Waals surface area contributed by atoms with E-state index in [1.54, 1.807) is 0 Å². The molecule has 8 aromatic carbocycles. The highest BCUT2D eigenvalue weighted by atomic mass is 15.0. The highest BCUT2D eigenvalue weighted by Crippen LogP contribution is 2.58. The van der Waals surface area contributed by atoms with E-state index >= 15 is 0 Å². The standard InChI is InChI=1S/C53H36N4/c1-35-17-14-18-36(33-35)50-54-51(37-19-15-24-40(34-37)57-47-31-12-9-25-41(47)42-26-10-13-32-48(42)57)56-52(55-50)44-28-16-30-46-49(44)43-27-8-11-29-45(43)53(46,38-20-4-2-5-21-38)39-22-6-3-7-23-39/h2-34H,1H3. The number of aromatic nitrogens is 4. The van der Waals surface area contributed by atoms with Gasteiger partial charge in [0.05, 0.1) is 16.4 Å². The molecule has 0 saturated heterocycles. The molecule has 0 bridgehead atoms. The molecule has 268 valence electrons. The van der Waals surface area contributed by atoms with E-state index in [4.69, 9.17) is 15.0 Å². The number of hydrogen-bond donors (Lipinski definition) is 0. The lowest BCUT2D eigenvalue weighted by atomic mass is 9.67. The molecule has 11 rings (SSSR count). The Morgan fingerprint density at radius 2 is 0.912 bits per heavy atom. The highest BCUT2D eigenvalue weighted by molar-refractivity contribution is 6.09. The predicted molar refractivity (Wildman–Crippen MR) is 233 cm³/mol. The van der Waals surface area contributed by atoms with Crippen molar-refractivity contribution in [2.45, 2.75) is 12.3 Å². The highest BCUT2D eigenvalue weighted by Gasteiger charge is 2.47. The molecule has 0 fully saturated rings. The summed E-state index contributed by atoms with van der Waals surface area (Å²) >= 11 is 0. The lowest BCUT2D eigenvalue weighted by Gasteiger charge is -2.33. The van der Waals surface area contributed by atoms with Crippen LogP contribution in [0.5, 0.6) is 0 Å². The fraction of sp³-hybridized carbons (Fsp3) is 0.0377. The Balaban J connectivity index is 1.16. The summed E-state index contributed by atoms with van der Waals surface area (Å²) in [4.78, 5) is 15.9. The van der Waals surface area contributed by atoms with Gasteiger partial charge in [0.15, 0.2) is 17.5 Å². The Kier molecular flexibility index (Phi) is 7.58. The minimum Gasteiger partial charge on any atom is -0.309 e. The first-order valence-electron chi connectivity index (χ1n) is 19.5. The summed E-state index contributed by atoms with van der Waals surface area (Å²) in [6.07, 6.45) is 0. The molecule has 2 heterocycles. The Hall–Kier alpha value is -7.43. The van der Waals surface area contributed by atoms with Gasteiger partial charge >= 0.3 is 0 Å². The lowest BCUT2D eigenvalue weighted by Crippen LogP contribution is -2.28. The maximum absolute atomic E-state index is 5.38. The molecule has 0 saturated carbocycles. The third-order valence-electron chi connectivity index (χ3n) is 11.6. The molecule has 0 N–H and O–H groups in total. The second-order valence-corrected chi connectivity index (χ2v) is 14.9. The van der Waals surface area contributed by atoms with Crippen molar-refractivity contribution in [1.29, 1.82) is 0 Å². The molecule has 0 aliphatic heterocycles. The van der Waals surface area contributed by atoms with Crippen molar-refractivity contribution >= 4 is 21.8 Å². The van der Waals surface area contributed by atoms with Crippen LogP contribution < -0.4 is 0 Å². The van der Waals surface area contributed by atoms with Gasteiger partial charge in [-0.1, -0.05) is 175 Å². The summed E-state index contributed by atoms with van der Waals surface area (Å²) in [5.74, 6) is 1.91. The topological polar surface area (TPSA) is 43.6 Å². The number of fused-ring (bicyclic) bond motifs is 6. The van der Waals surface area contributed by atoms with E-state index in [1.165, 1.54) is 38.6 Å². The number of benzene rings is 8. The van der Waals surface area contributed by atoms with Crippen LogP contribution in [0.2, 0.25) is 0 Å². The van der Waals surface area contributed by atoms with Crippen molar-refractivity contribution < 1.29 is 0 Å². The van der Waals surface area contributed by atoms with Crippen molar-refractivity contribution in [2.75, 3.05) is 0 Å². The molecule has 0 radical (unpaired) electrons. The molecule has 4 nitrogen and oxygen atoms in total. The first-order valence-corrected chi connectivity index (χ1v) is 19.5. The molecule has 1 aliphatic carbocycles. The lowest BCUT2D eigenvalue weighted by molar-refractivity contribution is 0.768. The van der Waals surface area contributed by atoms with Crippen molar-refractivity contribution in [2.24, 2.45) is 0 Å². The average Bonchev–Trinajstić information content (AvgIpc) is 3.78. The number of nitrogens with zero attached hydrogens (tertiary/aromatic N) is 4. The Morgan fingerprint density at radius 1 is 0.404 bits per heavy atom.